The van der Waals surface area contributed by atoms with E-state index in [1.807, 2.05) is 22.4 Å². The second kappa shape index (κ2) is 6.69. The lowest BCUT2D eigenvalue weighted by atomic mass is 10.0. The number of rotatable bonds is 5. The Labute approximate surface area is 124 Å². The number of hydrogen-bond acceptors (Lipinski definition) is 4. The second-order valence-electron chi connectivity index (χ2n) is 5.11. The third-order valence-corrected chi connectivity index (χ3v) is 5.00. The van der Waals surface area contributed by atoms with Gasteiger partial charge in [-0.05, 0) is 30.7 Å². The normalized spacial score (nSPS) is 20.1. The van der Waals surface area contributed by atoms with E-state index in [9.17, 15) is 13.2 Å². The van der Waals surface area contributed by atoms with E-state index in [0.717, 1.165) is 36.9 Å². The number of amides is 1. The van der Waals surface area contributed by atoms with Crippen LogP contribution in [0.3, 0.4) is 0 Å². The molecule has 2 heterocycles. The van der Waals surface area contributed by atoms with Crippen LogP contribution in [0.4, 0.5) is 0 Å². The van der Waals surface area contributed by atoms with Gasteiger partial charge in [0, 0.05) is 24.0 Å². The number of piperidine rings is 1. The Kier molecular flexibility index (Phi) is 5.17. The largest absolute Gasteiger partial charge is 0.338 e. The summed E-state index contributed by atoms with van der Waals surface area (Å²) in [5, 5.41) is 1.96. The van der Waals surface area contributed by atoms with Crippen LogP contribution in [0.1, 0.15) is 24.1 Å². The van der Waals surface area contributed by atoms with Gasteiger partial charge >= 0.3 is 0 Å². The van der Waals surface area contributed by atoms with Crippen molar-refractivity contribution < 1.29 is 13.2 Å². The van der Waals surface area contributed by atoms with Gasteiger partial charge in [0.05, 0.1) is 12.7 Å². The summed E-state index contributed by atoms with van der Waals surface area (Å²) >= 11 is 1.58. The standard InChI is InChI=1S/C13H20N2O3S2/c1-20(17,18)14-10-11-5-2-3-7-15(11)13(16)9-12-6-4-8-19-12/h4,6,8,11,14H,2-3,5,7,9-10H2,1H3/t11-/m0/s1. The van der Waals surface area contributed by atoms with Gasteiger partial charge in [0.2, 0.25) is 15.9 Å². The first-order valence-electron chi connectivity index (χ1n) is 6.72. The molecular formula is C13H20N2O3S2. The maximum atomic E-state index is 12.4. The number of likely N-dealkylation sites (tertiary alicyclic amines) is 1. The van der Waals surface area contributed by atoms with Crippen LogP contribution in [0.15, 0.2) is 17.5 Å². The lowest BCUT2D eigenvalue weighted by Crippen LogP contribution is -2.49. The van der Waals surface area contributed by atoms with Crippen molar-refractivity contribution in [2.75, 3.05) is 19.3 Å². The molecule has 1 atom stereocenters. The van der Waals surface area contributed by atoms with Gasteiger partial charge < -0.3 is 4.90 Å². The molecule has 1 saturated heterocycles. The van der Waals surface area contributed by atoms with E-state index in [2.05, 4.69) is 4.72 Å². The monoisotopic (exact) mass is 316 g/mol. The topological polar surface area (TPSA) is 66.5 Å². The molecule has 20 heavy (non-hydrogen) atoms. The zero-order valence-corrected chi connectivity index (χ0v) is 13.2. The molecule has 0 aromatic carbocycles. The molecular weight excluding hydrogens is 296 g/mol. The molecule has 1 fully saturated rings. The van der Waals surface area contributed by atoms with E-state index >= 15 is 0 Å². The highest BCUT2D eigenvalue weighted by Gasteiger charge is 2.27. The van der Waals surface area contributed by atoms with Gasteiger partial charge in [-0.25, -0.2) is 13.1 Å². The molecule has 0 aliphatic carbocycles. The first-order chi connectivity index (χ1) is 9.46. The van der Waals surface area contributed by atoms with E-state index in [1.54, 1.807) is 11.3 Å². The Morgan fingerprint density at radius 3 is 2.95 bits per heavy atom. The van der Waals surface area contributed by atoms with Crippen molar-refractivity contribution >= 4 is 27.3 Å². The Hall–Kier alpha value is -0.920. The van der Waals surface area contributed by atoms with Crippen molar-refractivity contribution in [1.29, 1.82) is 0 Å². The van der Waals surface area contributed by atoms with Gasteiger partial charge in [-0.3, -0.25) is 4.79 Å². The van der Waals surface area contributed by atoms with E-state index in [4.69, 9.17) is 0 Å². The third-order valence-electron chi connectivity index (χ3n) is 3.43. The number of thiophene rings is 1. The van der Waals surface area contributed by atoms with Gasteiger partial charge in [-0.15, -0.1) is 11.3 Å². The molecule has 0 bridgehead atoms. The van der Waals surface area contributed by atoms with Gasteiger partial charge in [-0.1, -0.05) is 6.07 Å². The first-order valence-corrected chi connectivity index (χ1v) is 9.49. The zero-order valence-electron chi connectivity index (χ0n) is 11.5. The van der Waals surface area contributed by atoms with Crippen molar-refractivity contribution in [2.45, 2.75) is 31.7 Å². The van der Waals surface area contributed by atoms with Crippen LogP contribution in [0.5, 0.6) is 0 Å². The fraction of sp³-hybridized carbons (Fsp3) is 0.615. The van der Waals surface area contributed by atoms with Crippen LogP contribution in [0.2, 0.25) is 0 Å². The fourth-order valence-corrected chi connectivity index (χ4v) is 3.64. The molecule has 0 spiro atoms. The van der Waals surface area contributed by atoms with Crippen LogP contribution in [0.25, 0.3) is 0 Å². The third kappa shape index (κ3) is 4.57. The van der Waals surface area contributed by atoms with Gasteiger partial charge in [0.1, 0.15) is 0 Å². The van der Waals surface area contributed by atoms with Gasteiger partial charge in [-0.2, -0.15) is 0 Å². The Morgan fingerprint density at radius 1 is 1.50 bits per heavy atom. The maximum absolute atomic E-state index is 12.4. The highest BCUT2D eigenvalue weighted by atomic mass is 32.2. The number of nitrogens with one attached hydrogen (secondary N) is 1. The number of carbonyl (C=O) groups is 1. The lowest BCUT2D eigenvalue weighted by molar-refractivity contribution is -0.133. The molecule has 5 nitrogen and oxygen atoms in total. The molecule has 112 valence electrons. The van der Waals surface area contributed by atoms with Gasteiger partial charge in [0.25, 0.3) is 0 Å². The smallest absolute Gasteiger partial charge is 0.228 e. The summed E-state index contributed by atoms with van der Waals surface area (Å²) in [6.07, 6.45) is 4.45. The molecule has 1 aromatic heterocycles. The summed E-state index contributed by atoms with van der Waals surface area (Å²) in [4.78, 5) is 15.2. The van der Waals surface area contributed by atoms with E-state index in [1.165, 1.54) is 0 Å². The van der Waals surface area contributed by atoms with Crippen molar-refractivity contribution in [3.8, 4) is 0 Å². The molecule has 0 saturated carbocycles. The quantitative estimate of drug-likeness (QED) is 0.888. The van der Waals surface area contributed by atoms with Crippen molar-refractivity contribution in [3.63, 3.8) is 0 Å². The Morgan fingerprint density at radius 2 is 2.30 bits per heavy atom. The van der Waals surface area contributed by atoms with E-state index in [0.29, 0.717) is 13.0 Å². The minimum absolute atomic E-state index is 0.0223. The predicted molar refractivity (Wildman–Crippen MR) is 80.2 cm³/mol. The minimum Gasteiger partial charge on any atom is -0.338 e. The average molecular weight is 316 g/mol. The summed E-state index contributed by atoms with van der Waals surface area (Å²) < 4.78 is 24.9. The molecule has 1 aliphatic heterocycles. The summed E-state index contributed by atoms with van der Waals surface area (Å²) in [6, 6.07) is 3.87. The summed E-state index contributed by atoms with van der Waals surface area (Å²) in [6.45, 7) is 1.04. The molecule has 0 unspecified atom stereocenters. The number of hydrogen-bond donors (Lipinski definition) is 1. The SMILES string of the molecule is CS(=O)(=O)NC[C@@H]1CCCCN1C(=O)Cc1cccs1. The van der Waals surface area contributed by atoms with Gasteiger partial charge in [0.15, 0.2) is 0 Å². The second-order valence-corrected chi connectivity index (χ2v) is 7.98. The Balaban J connectivity index is 1.97. The number of carbonyl (C=O) groups excluding carboxylic acids is 1. The van der Waals surface area contributed by atoms with E-state index in [-0.39, 0.29) is 11.9 Å². The molecule has 0 radical (unpaired) electrons. The summed E-state index contributed by atoms with van der Waals surface area (Å²) in [7, 11) is -3.21. The summed E-state index contributed by atoms with van der Waals surface area (Å²) in [5.74, 6) is 0.0902. The van der Waals surface area contributed by atoms with Crippen molar-refractivity contribution in [1.82, 2.24) is 9.62 Å². The lowest BCUT2D eigenvalue weighted by Gasteiger charge is -2.35. The van der Waals surface area contributed by atoms with Crippen molar-refractivity contribution in [2.24, 2.45) is 0 Å². The highest BCUT2D eigenvalue weighted by Crippen LogP contribution is 2.19. The van der Waals surface area contributed by atoms with Crippen LogP contribution in [-0.2, 0) is 21.2 Å². The summed E-state index contributed by atoms with van der Waals surface area (Å²) in [5.41, 5.74) is 0. The maximum Gasteiger partial charge on any atom is 0.228 e. The fourth-order valence-electron chi connectivity index (χ4n) is 2.45. The number of nitrogens with zero attached hydrogens (tertiary/aromatic N) is 1. The van der Waals surface area contributed by atoms with Crippen LogP contribution >= 0.6 is 11.3 Å². The molecule has 1 amide bonds. The predicted octanol–water partition coefficient (Wildman–Crippen LogP) is 1.22. The minimum atomic E-state index is -3.21. The molecule has 1 aromatic rings. The molecule has 1 N–H and O–H groups in total. The molecule has 1 aliphatic rings. The average Bonchev–Trinajstić information content (AvgIpc) is 2.88. The Bertz CT molecular complexity index is 540. The zero-order chi connectivity index (χ0) is 14.6. The molecule has 2 rings (SSSR count). The van der Waals surface area contributed by atoms with Crippen LogP contribution < -0.4 is 4.72 Å². The number of sulfonamides is 1. The van der Waals surface area contributed by atoms with Crippen LogP contribution in [-0.4, -0.2) is 44.6 Å². The first kappa shape index (κ1) is 15.5. The van der Waals surface area contributed by atoms with Crippen LogP contribution in [0, 0.1) is 0 Å². The van der Waals surface area contributed by atoms with E-state index < -0.39 is 10.0 Å². The highest BCUT2D eigenvalue weighted by molar-refractivity contribution is 7.88. The van der Waals surface area contributed by atoms with Crippen molar-refractivity contribution in [3.05, 3.63) is 22.4 Å². The molecule has 7 heteroatoms.